The number of nitrogens with two attached hydrogens (primary N) is 1. The maximum atomic E-state index is 13.7. The smallest absolute Gasteiger partial charge is 0.330 e. The van der Waals surface area contributed by atoms with E-state index in [-0.39, 0.29) is 42.2 Å². The highest BCUT2D eigenvalue weighted by Gasteiger charge is 2.32. The molecule has 0 spiro atoms. The number of rotatable bonds is 8. The van der Waals surface area contributed by atoms with Crippen LogP contribution in [-0.4, -0.2) is 32.8 Å². The van der Waals surface area contributed by atoms with Gasteiger partial charge in [-0.25, -0.2) is 4.79 Å². The van der Waals surface area contributed by atoms with Crippen molar-refractivity contribution in [3.05, 3.63) is 62.4 Å². The van der Waals surface area contributed by atoms with Crippen LogP contribution in [0.5, 0.6) is 0 Å². The first-order valence-electron chi connectivity index (χ1n) is 11.6. The summed E-state index contributed by atoms with van der Waals surface area (Å²) in [4.78, 5) is 56.5. The Kier molecular flexibility index (Phi) is 7.75. The number of nitrogens with zero attached hydrogens (tertiary/aromatic N) is 3. The molecular formula is C25H33N5O4. The Morgan fingerprint density at radius 3 is 2.56 bits per heavy atom. The molecule has 0 radical (unpaired) electrons. The highest BCUT2D eigenvalue weighted by Crippen LogP contribution is 2.34. The van der Waals surface area contributed by atoms with Crippen LogP contribution >= 0.6 is 0 Å². The number of amides is 2. The van der Waals surface area contributed by atoms with E-state index in [2.05, 4.69) is 4.98 Å². The third-order valence-electron chi connectivity index (χ3n) is 5.91. The molecule has 0 saturated heterocycles. The summed E-state index contributed by atoms with van der Waals surface area (Å²) < 4.78 is 1.31. The van der Waals surface area contributed by atoms with Gasteiger partial charge in [0, 0.05) is 26.2 Å². The number of unbranched alkanes of at least 4 members (excludes halogenated alkanes) is 1. The molecule has 34 heavy (non-hydrogen) atoms. The molecule has 0 bridgehead atoms. The molecule has 182 valence electrons. The maximum absolute atomic E-state index is 13.7. The second-order valence-electron chi connectivity index (χ2n) is 8.99. The molecular weight excluding hydrogens is 434 g/mol. The summed E-state index contributed by atoms with van der Waals surface area (Å²) in [6.07, 6.45) is 5.02. The van der Waals surface area contributed by atoms with Gasteiger partial charge in [0.1, 0.15) is 5.82 Å². The summed E-state index contributed by atoms with van der Waals surface area (Å²) in [6, 6.07) is 7.07. The normalized spacial score (nSPS) is 14.9. The molecule has 0 fully saturated rings. The lowest BCUT2D eigenvalue weighted by molar-refractivity contribution is -0.129. The van der Waals surface area contributed by atoms with Crippen molar-refractivity contribution in [2.24, 2.45) is 5.92 Å². The van der Waals surface area contributed by atoms with E-state index in [1.165, 1.54) is 21.3 Å². The lowest BCUT2D eigenvalue weighted by Gasteiger charge is -2.34. The lowest BCUT2D eigenvalue weighted by atomic mass is 9.93. The van der Waals surface area contributed by atoms with Crippen LogP contribution < -0.4 is 21.9 Å². The number of aromatic amines is 1. The molecule has 2 heterocycles. The number of hydrogen-bond donors (Lipinski definition) is 2. The van der Waals surface area contributed by atoms with Crippen LogP contribution in [0.2, 0.25) is 0 Å². The monoisotopic (exact) mass is 467 g/mol. The lowest BCUT2D eigenvalue weighted by Crippen LogP contribution is -2.44. The molecule has 3 rings (SSSR count). The Hall–Kier alpha value is -3.62. The predicted molar refractivity (Wildman–Crippen MR) is 133 cm³/mol. The van der Waals surface area contributed by atoms with Gasteiger partial charge in [0.2, 0.25) is 11.8 Å². The quantitative estimate of drug-likeness (QED) is 0.618. The van der Waals surface area contributed by atoms with Gasteiger partial charge in [0.15, 0.2) is 5.69 Å². The zero-order valence-electron chi connectivity index (χ0n) is 20.2. The van der Waals surface area contributed by atoms with Crippen molar-refractivity contribution in [2.45, 2.75) is 59.5 Å². The van der Waals surface area contributed by atoms with Gasteiger partial charge in [0.25, 0.3) is 5.56 Å². The van der Waals surface area contributed by atoms with Crippen LogP contribution in [0.4, 0.5) is 11.5 Å². The van der Waals surface area contributed by atoms with Gasteiger partial charge in [0.05, 0.1) is 12.5 Å². The van der Waals surface area contributed by atoms with Crippen molar-refractivity contribution in [3.63, 3.8) is 0 Å². The highest BCUT2D eigenvalue weighted by molar-refractivity contribution is 5.96. The van der Waals surface area contributed by atoms with Crippen molar-refractivity contribution in [2.75, 3.05) is 17.2 Å². The van der Waals surface area contributed by atoms with Crippen LogP contribution in [0.15, 0.2) is 40.1 Å². The van der Waals surface area contributed by atoms with Gasteiger partial charge >= 0.3 is 5.69 Å². The van der Waals surface area contributed by atoms with E-state index in [1.807, 2.05) is 51.1 Å². The molecule has 1 aromatic carbocycles. The molecule has 1 aliphatic rings. The topological polar surface area (TPSA) is 121 Å². The Morgan fingerprint density at radius 2 is 1.91 bits per heavy atom. The van der Waals surface area contributed by atoms with E-state index in [4.69, 9.17) is 5.73 Å². The van der Waals surface area contributed by atoms with E-state index in [9.17, 15) is 19.2 Å². The zero-order valence-corrected chi connectivity index (χ0v) is 20.2. The van der Waals surface area contributed by atoms with E-state index in [1.54, 1.807) is 6.20 Å². The fraction of sp³-hybridized carbons (Fsp3) is 0.440. The average Bonchev–Trinajstić information content (AvgIpc) is 2.77. The molecule has 0 aliphatic carbocycles. The van der Waals surface area contributed by atoms with Crippen LogP contribution in [0.1, 0.15) is 64.1 Å². The van der Waals surface area contributed by atoms with Crippen molar-refractivity contribution in [1.29, 1.82) is 0 Å². The first-order valence-corrected chi connectivity index (χ1v) is 11.6. The molecule has 2 aromatic rings. The molecule has 2 amide bonds. The molecule has 1 atom stereocenters. The van der Waals surface area contributed by atoms with E-state index in [0.717, 1.165) is 17.5 Å². The number of carbonyl (C=O) groups excluding carboxylic acids is 2. The number of H-pyrrole nitrogens is 1. The van der Waals surface area contributed by atoms with Gasteiger partial charge in [-0.1, -0.05) is 51.5 Å². The second-order valence-corrected chi connectivity index (χ2v) is 8.99. The number of hydrogen-bond acceptors (Lipinski definition) is 5. The minimum absolute atomic E-state index is 0.0245. The van der Waals surface area contributed by atoms with E-state index >= 15 is 0 Å². The molecule has 0 saturated carbocycles. The summed E-state index contributed by atoms with van der Waals surface area (Å²) in [5.41, 5.74) is 6.77. The average molecular weight is 468 g/mol. The SMILES string of the molecule is CCCCn1c(N)c(N(CC(C)C)C(=O)C[C@@H]2c3ccccc3C=CN2C(C)=O)c(=O)[nH]c1=O. The Balaban J connectivity index is 2.05. The third-order valence-corrected chi connectivity index (χ3v) is 5.91. The number of benzene rings is 1. The van der Waals surface area contributed by atoms with Gasteiger partial charge in [-0.3, -0.25) is 23.9 Å². The summed E-state index contributed by atoms with van der Waals surface area (Å²) in [6.45, 7) is 7.88. The number of carbonyl (C=O) groups is 2. The summed E-state index contributed by atoms with van der Waals surface area (Å²) in [5, 5.41) is 0. The largest absolute Gasteiger partial charge is 0.383 e. The number of nitrogens with one attached hydrogen (secondary N) is 1. The molecule has 9 nitrogen and oxygen atoms in total. The molecule has 1 aliphatic heterocycles. The van der Waals surface area contributed by atoms with Crippen molar-refractivity contribution < 1.29 is 9.59 Å². The van der Waals surface area contributed by atoms with Gasteiger partial charge in [-0.05, 0) is 29.5 Å². The number of nitrogen functional groups attached to an aromatic ring is 1. The van der Waals surface area contributed by atoms with Gasteiger partial charge in [-0.2, -0.15) is 0 Å². The summed E-state index contributed by atoms with van der Waals surface area (Å²) in [7, 11) is 0. The van der Waals surface area contributed by atoms with E-state index < -0.39 is 17.3 Å². The van der Waals surface area contributed by atoms with Crippen molar-refractivity contribution in [1.82, 2.24) is 14.5 Å². The Bertz CT molecular complexity index is 1210. The summed E-state index contributed by atoms with van der Waals surface area (Å²) in [5.74, 6) is -0.540. The van der Waals surface area contributed by atoms with E-state index in [0.29, 0.717) is 13.0 Å². The first kappa shape index (κ1) is 25.0. The maximum Gasteiger partial charge on any atom is 0.330 e. The predicted octanol–water partition coefficient (Wildman–Crippen LogP) is 2.87. The fourth-order valence-electron chi connectivity index (χ4n) is 4.25. The first-order chi connectivity index (χ1) is 16.1. The molecule has 0 unspecified atom stereocenters. The van der Waals surface area contributed by atoms with Crippen LogP contribution in [0.3, 0.4) is 0 Å². The zero-order chi connectivity index (χ0) is 25.0. The van der Waals surface area contributed by atoms with Crippen LogP contribution in [0.25, 0.3) is 6.08 Å². The highest BCUT2D eigenvalue weighted by atomic mass is 16.2. The number of anilines is 2. The Morgan fingerprint density at radius 1 is 1.21 bits per heavy atom. The van der Waals surface area contributed by atoms with Gasteiger partial charge in [-0.15, -0.1) is 0 Å². The minimum Gasteiger partial charge on any atom is -0.383 e. The minimum atomic E-state index is -0.698. The number of fused-ring (bicyclic) bond motifs is 1. The third kappa shape index (κ3) is 5.13. The summed E-state index contributed by atoms with van der Waals surface area (Å²) >= 11 is 0. The number of aromatic nitrogens is 2. The van der Waals surface area contributed by atoms with Crippen LogP contribution in [0, 0.1) is 5.92 Å². The second kappa shape index (κ2) is 10.5. The Labute approximate surface area is 198 Å². The molecule has 1 aromatic heterocycles. The van der Waals surface area contributed by atoms with Crippen LogP contribution in [-0.2, 0) is 16.1 Å². The molecule has 9 heteroatoms. The molecule has 3 N–H and O–H groups in total. The van der Waals surface area contributed by atoms with Gasteiger partial charge < -0.3 is 15.5 Å². The van der Waals surface area contributed by atoms with Crippen molar-refractivity contribution in [3.8, 4) is 0 Å². The standard InChI is InChI=1S/C25H33N5O4/c1-5-6-12-29-23(26)22(24(33)27-25(29)34)30(15-16(2)3)21(32)14-20-19-10-8-7-9-18(19)11-13-28(20)17(4)31/h7-11,13,16,20H,5-6,12,14-15,26H2,1-4H3,(H,27,33,34)/t20-/m1/s1. The fourth-order valence-corrected chi connectivity index (χ4v) is 4.25. The van der Waals surface area contributed by atoms with Crippen molar-refractivity contribution >= 4 is 29.4 Å².